The molecule has 0 amide bonds. The molecule has 0 aliphatic rings. The molecule has 0 saturated carbocycles. The van der Waals surface area contributed by atoms with E-state index >= 15 is 0 Å². The summed E-state index contributed by atoms with van der Waals surface area (Å²) in [6.45, 7) is 0. The van der Waals surface area contributed by atoms with Gasteiger partial charge in [0, 0.05) is 57.0 Å². The van der Waals surface area contributed by atoms with E-state index in [-0.39, 0.29) is 22.3 Å². The standard InChI is InChI=1S/C56H41N5/c1-3-13-42(14-4-1)50-29-27-38(35-57-50)23-25-40-31-41(26-24-39-28-30-51(58-36-39)43-15-5-2-6-16-43)33-44(32-40)46-17-7-8-18-47(46)45-34-49-55(59-37-45)48-19-9-11-21-53(48)61-54-22-12-10-20-52(54)60-56(49)61/h1-22,27-37H,23-26H2/i23D2,24D2,25D2,26D2. The van der Waals surface area contributed by atoms with E-state index in [0.717, 1.165) is 49.6 Å². The van der Waals surface area contributed by atoms with Crippen molar-refractivity contribution < 1.29 is 11.0 Å². The van der Waals surface area contributed by atoms with Gasteiger partial charge in [-0.2, -0.15) is 0 Å². The second kappa shape index (κ2) is 15.8. The molecule has 290 valence electrons. The Balaban J connectivity index is 1.08. The molecule has 11 aromatic rings. The smallest absolute Gasteiger partial charge is 0.147 e. The molecule has 0 N–H and O–H groups in total. The van der Waals surface area contributed by atoms with Crippen LogP contribution in [0.5, 0.6) is 0 Å². The number of rotatable bonds is 10. The zero-order valence-electron chi connectivity index (χ0n) is 40.8. The van der Waals surface area contributed by atoms with Gasteiger partial charge in [-0.25, -0.2) is 4.98 Å². The number of aryl methyl sites for hydroxylation is 4. The molecule has 6 aromatic carbocycles. The Morgan fingerprint density at radius 2 is 0.934 bits per heavy atom. The van der Waals surface area contributed by atoms with Crippen LogP contribution in [0.4, 0.5) is 0 Å². The summed E-state index contributed by atoms with van der Waals surface area (Å²) in [5.74, 6) is 0. The summed E-state index contributed by atoms with van der Waals surface area (Å²) in [6.07, 6.45) is -6.55. The molecule has 0 aliphatic carbocycles. The summed E-state index contributed by atoms with van der Waals surface area (Å²) in [5.41, 5.74) is 8.98. The maximum Gasteiger partial charge on any atom is 0.147 e. The van der Waals surface area contributed by atoms with Crippen molar-refractivity contribution in [3.63, 3.8) is 0 Å². The molecule has 0 bridgehead atoms. The lowest BCUT2D eigenvalue weighted by Gasteiger charge is -2.15. The van der Waals surface area contributed by atoms with Crippen LogP contribution in [-0.4, -0.2) is 24.3 Å². The Hall–Kier alpha value is -7.76. The highest BCUT2D eigenvalue weighted by Crippen LogP contribution is 2.37. The van der Waals surface area contributed by atoms with Gasteiger partial charge < -0.3 is 0 Å². The molecule has 5 heterocycles. The number of para-hydroxylation sites is 3. The van der Waals surface area contributed by atoms with E-state index in [1.165, 1.54) is 42.7 Å². The van der Waals surface area contributed by atoms with Gasteiger partial charge in [0.15, 0.2) is 0 Å². The number of nitrogens with zero attached hydrogens (tertiary/aromatic N) is 5. The molecular weight excluding hydrogens is 743 g/mol. The lowest BCUT2D eigenvalue weighted by Crippen LogP contribution is -1.99. The van der Waals surface area contributed by atoms with Crippen molar-refractivity contribution in [2.75, 3.05) is 0 Å². The molecule has 61 heavy (non-hydrogen) atoms. The van der Waals surface area contributed by atoms with Crippen LogP contribution >= 0.6 is 0 Å². The fourth-order valence-corrected chi connectivity index (χ4v) is 8.01. The monoisotopic (exact) mass is 791 g/mol. The van der Waals surface area contributed by atoms with Gasteiger partial charge in [-0.1, -0.05) is 146 Å². The predicted octanol–water partition coefficient (Wildman–Crippen LogP) is 13.2. The molecule has 5 heteroatoms. The van der Waals surface area contributed by atoms with E-state index in [4.69, 9.17) is 9.97 Å². The molecule has 0 radical (unpaired) electrons. The molecule has 0 saturated heterocycles. The lowest BCUT2D eigenvalue weighted by molar-refractivity contribution is 0.923. The van der Waals surface area contributed by atoms with Crippen LogP contribution in [-0.2, 0) is 25.5 Å². The van der Waals surface area contributed by atoms with Crippen molar-refractivity contribution in [1.82, 2.24) is 24.3 Å². The molecule has 0 aliphatic heterocycles. The highest BCUT2D eigenvalue weighted by molar-refractivity contribution is 6.13. The first-order valence-electron chi connectivity index (χ1n) is 24.1. The van der Waals surface area contributed by atoms with Gasteiger partial charge in [-0.05, 0) is 101 Å². The van der Waals surface area contributed by atoms with Crippen LogP contribution in [0.15, 0.2) is 201 Å². The largest absolute Gasteiger partial charge is 0.292 e. The van der Waals surface area contributed by atoms with E-state index < -0.39 is 25.5 Å². The summed E-state index contributed by atoms with van der Waals surface area (Å²) in [6, 6.07) is 55.0. The van der Waals surface area contributed by atoms with Crippen LogP contribution in [0.25, 0.3) is 83.3 Å². The van der Waals surface area contributed by atoms with E-state index in [1.54, 1.807) is 18.3 Å². The molecular formula is C56H41N5. The summed E-state index contributed by atoms with van der Waals surface area (Å²) < 4.78 is 78.3. The van der Waals surface area contributed by atoms with Crippen molar-refractivity contribution in [2.45, 2.75) is 25.5 Å². The fourth-order valence-electron chi connectivity index (χ4n) is 8.01. The van der Waals surface area contributed by atoms with E-state index in [0.29, 0.717) is 33.6 Å². The van der Waals surface area contributed by atoms with Gasteiger partial charge in [0.25, 0.3) is 0 Å². The van der Waals surface area contributed by atoms with E-state index in [2.05, 4.69) is 20.4 Å². The Kier molecular flexibility index (Phi) is 7.40. The SMILES string of the molecule is [2H]C([2H])(c1ccc(-c2ccccc2)nc1)C([2H])([2H])c1cc(-c2ccccc2-c2cnc3c4ccccc4n4c5ccccc5nc4c3c2)cc(C([2H])([2H])C([2H])([2H])c2ccc(-c3ccccc3)nc2)c1. The van der Waals surface area contributed by atoms with Crippen molar-refractivity contribution in [2.24, 2.45) is 0 Å². The molecule has 0 unspecified atom stereocenters. The van der Waals surface area contributed by atoms with Gasteiger partial charge in [-0.3, -0.25) is 19.4 Å². The topological polar surface area (TPSA) is 56.0 Å². The van der Waals surface area contributed by atoms with Crippen LogP contribution in [0, 0.1) is 0 Å². The first-order chi connectivity index (χ1) is 33.2. The minimum absolute atomic E-state index is 0.0183. The van der Waals surface area contributed by atoms with Crippen LogP contribution < -0.4 is 0 Å². The lowest BCUT2D eigenvalue weighted by atomic mass is 9.90. The fraction of sp³-hybridized carbons (Fsp3) is 0.0714. The second-order valence-corrected chi connectivity index (χ2v) is 14.8. The first-order valence-corrected chi connectivity index (χ1v) is 20.1. The van der Waals surface area contributed by atoms with Crippen LogP contribution in [0.2, 0.25) is 0 Å². The third-order valence-electron chi connectivity index (χ3n) is 10.9. The summed E-state index contributed by atoms with van der Waals surface area (Å²) in [4.78, 5) is 19.2. The normalized spacial score (nSPS) is 14.4. The predicted molar refractivity (Wildman–Crippen MR) is 251 cm³/mol. The van der Waals surface area contributed by atoms with Crippen LogP contribution in [0.3, 0.4) is 0 Å². The van der Waals surface area contributed by atoms with Gasteiger partial charge in [0.1, 0.15) is 5.65 Å². The molecule has 0 spiro atoms. The number of fused-ring (bicyclic) bond motifs is 8. The Morgan fingerprint density at radius 3 is 1.56 bits per heavy atom. The number of hydrogen-bond acceptors (Lipinski definition) is 4. The third kappa shape index (κ3) is 7.10. The summed E-state index contributed by atoms with van der Waals surface area (Å²) in [5, 5.41) is 1.75. The zero-order valence-corrected chi connectivity index (χ0v) is 32.8. The third-order valence-corrected chi connectivity index (χ3v) is 10.9. The van der Waals surface area contributed by atoms with Crippen molar-refractivity contribution >= 4 is 38.5 Å². The van der Waals surface area contributed by atoms with Crippen molar-refractivity contribution in [3.05, 3.63) is 223 Å². The molecule has 11 rings (SSSR count). The Bertz CT molecular complexity index is 3600. The molecule has 5 nitrogen and oxygen atoms in total. The van der Waals surface area contributed by atoms with Crippen molar-refractivity contribution in [3.8, 4) is 44.8 Å². The number of benzene rings is 6. The average Bonchev–Trinajstić information content (AvgIpc) is 3.79. The minimum atomic E-state index is -2.80. The van der Waals surface area contributed by atoms with Gasteiger partial charge in [-0.15, -0.1) is 0 Å². The van der Waals surface area contributed by atoms with Gasteiger partial charge in [0.2, 0.25) is 0 Å². The highest BCUT2D eigenvalue weighted by Gasteiger charge is 2.17. The van der Waals surface area contributed by atoms with Gasteiger partial charge in [0.05, 0.1) is 33.5 Å². The molecule has 0 atom stereocenters. The highest BCUT2D eigenvalue weighted by atomic mass is 15.0. The van der Waals surface area contributed by atoms with Crippen LogP contribution in [0.1, 0.15) is 33.2 Å². The minimum Gasteiger partial charge on any atom is -0.292 e. The number of pyridine rings is 4. The quantitative estimate of drug-likeness (QED) is 0.129. The molecule has 5 aromatic heterocycles. The number of hydrogen-bond donors (Lipinski definition) is 0. The molecule has 0 fully saturated rings. The average molecular weight is 792 g/mol. The Morgan fingerprint density at radius 1 is 0.393 bits per heavy atom. The van der Waals surface area contributed by atoms with Gasteiger partial charge >= 0.3 is 0 Å². The van der Waals surface area contributed by atoms with E-state index in [1.807, 2.05) is 133 Å². The number of imidazole rings is 1. The zero-order chi connectivity index (χ0) is 47.7. The van der Waals surface area contributed by atoms with E-state index in [9.17, 15) is 11.0 Å². The second-order valence-electron chi connectivity index (χ2n) is 14.8. The summed E-state index contributed by atoms with van der Waals surface area (Å²) >= 11 is 0. The first kappa shape index (κ1) is 28.6. The maximum atomic E-state index is 9.63. The summed E-state index contributed by atoms with van der Waals surface area (Å²) in [7, 11) is 0. The van der Waals surface area contributed by atoms with Crippen molar-refractivity contribution in [1.29, 1.82) is 0 Å². The maximum absolute atomic E-state index is 9.63. The number of aromatic nitrogens is 5. The Labute approximate surface area is 366 Å².